The predicted octanol–water partition coefficient (Wildman–Crippen LogP) is 3.35. The Morgan fingerprint density at radius 2 is 1.80 bits per heavy atom. The van der Waals surface area contributed by atoms with Gasteiger partial charge in [0.2, 0.25) is 10.0 Å². The van der Waals surface area contributed by atoms with Gasteiger partial charge in [-0.1, -0.05) is 6.07 Å². The van der Waals surface area contributed by atoms with E-state index in [4.69, 9.17) is 9.47 Å². The summed E-state index contributed by atoms with van der Waals surface area (Å²) in [4.78, 5) is 39.8. The number of halogens is 1. The summed E-state index contributed by atoms with van der Waals surface area (Å²) in [7, 11) is -1.24. The number of carbonyl (C=O) groups excluding carboxylic acids is 3. The van der Waals surface area contributed by atoms with Crippen LogP contribution in [-0.2, 0) is 26.0 Å². The van der Waals surface area contributed by atoms with Crippen LogP contribution in [0, 0.1) is 5.82 Å². The van der Waals surface area contributed by atoms with Gasteiger partial charge in [0.25, 0.3) is 0 Å². The SMILES string of the molecule is CC1CS[C@@H](C(=O)c2cc(C[C@H](NS(=O)(=O)c3ccc(F)cc3)C(=O)OC(C)(C)C)ccc2OC(=O)N(C)C)N1. The Morgan fingerprint density at radius 1 is 1.15 bits per heavy atom. The van der Waals surface area contributed by atoms with Crippen LogP contribution in [0.2, 0.25) is 0 Å². The van der Waals surface area contributed by atoms with Crippen LogP contribution < -0.4 is 14.8 Å². The van der Waals surface area contributed by atoms with Crippen molar-refractivity contribution in [2.45, 2.75) is 62.1 Å². The highest BCUT2D eigenvalue weighted by Crippen LogP contribution is 2.29. The highest BCUT2D eigenvalue weighted by Gasteiger charge is 2.33. The van der Waals surface area contributed by atoms with E-state index in [0.29, 0.717) is 5.56 Å². The second kappa shape index (κ2) is 12.7. The number of hydrogen-bond donors (Lipinski definition) is 2. The van der Waals surface area contributed by atoms with E-state index in [1.807, 2.05) is 6.92 Å². The minimum Gasteiger partial charge on any atom is -0.459 e. The van der Waals surface area contributed by atoms with Gasteiger partial charge in [0.05, 0.1) is 10.5 Å². The summed E-state index contributed by atoms with van der Waals surface area (Å²) < 4.78 is 52.8. The summed E-state index contributed by atoms with van der Waals surface area (Å²) in [6, 6.07) is 7.35. The van der Waals surface area contributed by atoms with Crippen LogP contribution in [0.25, 0.3) is 0 Å². The van der Waals surface area contributed by atoms with Crippen molar-refractivity contribution in [3.8, 4) is 5.75 Å². The molecule has 13 heteroatoms. The second-order valence-corrected chi connectivity index (χ2v) is 13.5. The van der Waals surface area contributed by atoms with Crippen molar-refractivity contribution in [3.63, 3.8) is 0 Å². The monoisotopic (exact) mass is 595 g/mol. The Hall–Kier alpha value is -3.00. The molecule has 1 saturated heterocycles. The number of ether oxygens (including phenoxy) is 2. The molecule has 0 radical (unpaired) electrons. The number of rotatable bonds is 9. The third kappa shape index (κ3) is 8.50. The maximum Gasteiger partial charge on any atom is 0.414 e. The summed E-state index contributed by atoms with van der Waals surface area (Å²) in [5.74, 6) is -1.02. The fourth-order valence-corrected chi connectivity index (χ4v) is 6.08. The van der Waals surface area contributed by atoms with Gasteiger partial charge in [0, 0.05) is 25.9 Å². The molecule has 10 nitrogen and oxygen atoms in total. The van der Waals surface area contributed by atoms with E-state index in [2.05, 4.69) is 10.0 Å². The number of amides is 1. The van der Waals surface area contributed by atoms with Crippen LogP contribution in [0.3, 0.4) is 0 Å². The van der Waals surface area contributed by atoms with Crippen molar-refractivity contribution < 1.29 is 36.7 Å². The molecule has 0 aromatic heterocycles. The molecule has 1 fully saturated rings. The zero-order valence-corrected chi connectivity index (χ0v) is 24.8. The van der Waals surface area contributed by atoms with E-state index in [9.17, 15) is 27.2 Å². The van der Waals surface area contributed by atoms with E-state index in [1.165, 1.54) is 49.0 Å². The van der Waals surface area contributed by atoms with E-state index in [-0.39, 0.29) is 34.5 Å². The van der Waals surface area contributed by atoms with Gasteiger partial charge in [0.1, 0.15) is 28.6 Å². The molecule has 1 aliphatic rings. The first-order chi connectivity index (χ1) is 18.6. The first-order valence-corrected chi connectivity index (χ1v) is 15.0. The minimum atomic E-state index is -4.25. The minimum absolute atomic E-state index is 0.0371. The van der Waals surface area contributed by atoms with Crippen LogP contribution in [0.5, 0.6) is 5.75 Å². The maximum atomic E-state index is 13.4. The second-order valence-electron chi connectivity index (χ2n) is 10.6. The number of Topliss-reactive ketones (excluding diaryl/α,β-unsaturated/α-hetero) is 1. The van der Waals surface area contributed by atoms with Crippen LogP contribution >= 0.6 is 11.8 Å². The molecule has 218 valence electrons. The smallest absolute Gasteiger partial charge is 0.414 e. The molecule has 3 rings (SSSR count). The zero-order valence-electron chi connectivity index (χ0n) is 23.2. The van der Waals surface area contributed by atoms with E-state index < -0.39 is 44.9 Å². The lowest BCUT2D eigenvalue weighted by molar-refractivity contribution is -0.156. The quantitative estimate of drug-likeness (QED) is 0.331. The number of carbonyl (C=O) groups is 3. The van der Waals surface area contributed by atoms with Crippen molar-refractivity contribution in [3.05, 3.63) is 59.4 Å². The van der Waals surface area contributed by atoms with Gasteiger partial charge in [-0.25, -0.2) is 17.6 Å². The lowest BCUT2D eigenvalue weighted by Crippen LogP contribution is -2.45. The molecule has 0 saturated carbocycles. The van der Waals surface area contributed by atoms with Gasteiger partial charge >= 0.3 is 12.1 Å². The molecule has 2 N–H and O–H groups in total. The van der Waals surface area contributed by atoms with Gasteiger partial charge in [-0.2, -0.15) is 4.72 Å². The third-order valence-electron chi connectivity index (χ3n) is 5.61. The number of ketones is 1. The largest absolute Gasteiger partial charge is 0.459 e. The molecule has 1 aliphatic heterocycles. The fourth-order valence-electron chi connectivity index (χ4n) is 3.71. The summed E-state index contributed by atoms with van der Waals surface area (Å²) in [5.41, 5.74) is -0.387. The molecule has 0 aliphatic carbocycles. The zero-order chi connectivity index (χ0) is 29.8. The van der Waals surface area contributed by atoms with Crippen molar-refractivity contribution in [2.75, 3.05) is 19.8 Å². The van der Waals surface area contributed by atoms with Crippen molar-refractivity contribution in [2.24, 2.45) is 0 Å². The number of sulfonamides is 1. The Kier molecular flexibility index (Phi) is 9.99. The van der Waals surface area contributed by atoms with Crippen LogP contribution in [0.15, 0.2) is 47.4 Å². The third-order valence-corrected chi connectivity index (χ3v) is 8.47. The Balaban J connectivity index is 1.98. The van der Waals surface area contributed by atoms with Gasteiger partial charge in [0.15, 0.2) is 5.78 Å². The van der Waals surface area contributed by atoms with E-state index in [1.54, 1.807) is 20.8 Å². The highest BCUT2D eigenvalue weighted by atomic mass is 32.2. The van der Waals surface area contributed by atoms with Gasteiger partial charge < -0.3 is 14.4 Å². The molecule has 1 unspecified atom stereocenters. The number of nitrogens with one attached hydrogen (secondary N) is 2. The molecule has 1 amide bonds. The van der Waals surface area contributed by atoms with Crippen LogP contribution in [0.4, 0.5) is 9.18 Å². The number of esters is 1. The van der Waals surface area contributed by atoms with Gasteiger partial charge in [-0.05, 0) is 76.1 Å². The van der Waals surface area contributed by atoms with E-state index in [0.717, 1.165) is 30.0 Å². The Morgan fingerprint density at radius 3 is 2.35 bits per heavy atom. The van der Waals surface area contributed by atoms with Crippen LogP contribution in [-0.4, -0.2) is 74.1 Å². The normalized spacial score (nSPS) is 18.2. The van der Waals surface area contributed by atoms with Crippen molar-refractivity contribution in [1.82, 2.24) is 14.9 Å². The molecular weight excluding hydrogens is 561 g/mol. The number of benzene rings is 2. The van der Waals surface area contributed by atoms with Crippen molar-refractivity contribution >= 4 is 39.6 Å². The summed E-state index contributed by atoms with van der Waals surface area (Å²) >= 11 is 1.42. The van der Waals surface area contributed by atoms with E-state index >= 15 is 0 Å². The topological polar surface area (TPSA) is 131 Å². The summed E-state index contributed by atoms with van der Waals surface area (Å²) in [5, 5.41) is 2.61. The highest BCUT2D eigenvalue weighted by molar-refractivity contribution is 8.00. The summed E-state index contributed by atoms with van der Waals surface area (Å²) in [6.07, 6.45) is -0.861. The van der Waals surface area contributed by atoms with Gasteiger partial charge in [-0.3, -0.25) is 14.9 Å². The van der Waals surface area contributed by atoms with Crippen LogP contribution in [0.1, 0.15) is 43.6 Å². The first-order valence-electron chi connectivity index (χ1n) is 12.5. The first kappa shape index (κ1) is 31.5. The predicted molar refractivity (Wildman–Crippen MR) is 149 cm³/mol. The average molecular weight is 596 g/mol. The molecule has 40 heavy (non-hydrogen) atoms. The molecular formula is C27H34FN3O7S2. The lowest BCUT2D eigenvalue weighted by Gasteiger charge is -2.25. The molecule has 3 atom stereocenters. The number of hydrogen-bond acceptors (Lipinski definition) is 9. The molecule has 1 heterocycles. The molecule has 0 spiro atoms. The Bertz CT molecular complexity index is 1360. The number of thioether (sulfide) groups is 1. The lowest BCUT2D eigenvalue weighted by atomic mass is 10.0. The summed E-state index contributed by atoms with van der Waals surface area (Å²) in [6.45, 7) is 6.89. The standard InChI is InChI=1S/C27H34FN3O7S2/c1-16-15-39-24(29-16)23(32)20-13-17(7-12-22(20)37-26(34)31(5)6)14-21(25(33)38-27(2,3)4)30-40(35,36)19-10-8-18(28)9-11-19/h7-13,16,21,24,29-30H,14-15H2,1-6H3/t16?,21-,24-/m0/s1. The maximum absolute atomic E-state index is 13.4. The molecule has 2 aromatic rings. The fraction of sp³-hybridized carbons (Fsp3) is 0.444. The number of nitrogens with zero attached hydrogens (tertiary/aromatic N) is 1. The molecule has 2 aromatic carbocycles. The average Bonchev–Trinajstić information content (AvgIpc) is 3.29. The van der Waals surface area contributed by atoms with Crippen molar-refractivity contribution in [1.29, 1.82) is 0 Å². The van der Waals surface area contributed by atoms with Gasteiger partial charge in [-0.15, -0.1) is 11.8 Å². The Labute approximate surface area is 238 Å². The molecule has 0 bridgehead atoms.